The topological polar surface area (TPSA) is 41.6 Å². The minimum absolute atomic E-state index is 0.00978. The molecule has 0 radical (unpaired) electrons. The Morgan fingerprint density at radius 1 is 1.37 bits per heavy atom. The van der Waals surface area contributed by atoms with Crippen LogP contribution in [-0.4, -0.2) is 30.1 Å². The number of urea groups is 1. The van der Waals surface area contributed by atoms with Crippen LogP contribution in [0.25, 0.3) is 0 Å². The molecule has 1 aliphatic heterocycles. The van der Waals surface area contributed by atoms with E-state index >= 15 is 0 Å². The maximum Gasteiger partial charge on any atom is 0.321 e. The first-order valence-corrected chi connectivity index (χ1v) is 6.58. The molecule has 0 aliphatic carbocycles. The first-order valence-electron chi connectivity index (χ1n) is 6.58. The molecule has 2 rings (SSSR count). The fourth-order valence-electron chi connectivity index (χ4n) is 2.06. The summed E-state index contributed by atoms with van der Waals surface area (Å²) in [6, 6.07) is 4.23. The van der Waals surface area contributed by atoms with Crippen molar-refractivity contribution in [2.75, 3.05) is 18.4 Å². The van der Waals surface area contributed by atoms with Gasteiger partial charge in [-0.25, -0.2) is 9.18 Å². The van der Waals surface area contributed by atoms with Crippen LogP contribution in [0, 0.1) is 5.82 Å². The average Bonchev–Trinajstić information content (AvgIpc) is 2.85. The number of rotatable bonds is 3. The number of hydrogen-bond donors (Lipinski definition) is 1. The van der Waals surface area contributed by atoms with Gasteiger partial charge in [-0.05, 0) is 38.8 Å². The van der Waals surface area contributed by atoms with Crippen molar-refractivity contribution in [1.82, 2.24) is 4.90 Å². The minimum Gasteiger partial charge on any atom is -0.491 e. The van der Waals surface area contributed by atoms with Crippen molar-refractivity contribution in [3.05, 3.63) is 24.0 Å². The van der Waals surface area contributed by atoms with Crippen molar-refractivity contribution >= 4 is 11.7 Å². The van der Waals surface area contributed by atoms with Crippen LogP contribution >= 0.6 is 0 Å². The highest BCUT2D eigenvalue weighted by Gasteiger charge is 2.19. The van der Waals surface area contributed by atoms with Gasteiger partial charge in [0.1, 0.15) is 11.6 Å². The van der Waals surface area contributed by atoms with Crippen LogP contribution < -0.4 is 10.1 Å². The maximum absolute atomic E-state index is 13.8. The third-order valence-corrected chi connectivity index (χ3v) is 2.95. The van der Waals surface area contributed by atoms with Gasteiger partial charge in [-0.3, -0.25) is 0 Å². The molecule has 4 nitrogen and oxygen atoms in total. The van der Waals surface area contributed by atoms with Crippen molar-refractivity contribution < 1.29 is 13.9 Å². The van der Waals surface area contributed by atoms with Crippen LogP contribution in [0.2, 0.25) is 0 Å². The lowest BCUT2D eigenvalue weighted by Crippen LogP contribution is -2.32. The van der Waals surface area contributed by atoms with Gasteiger partial charge in [-0.2, -0.15) is 0 Å². The standard InChI is InChI=1S/C14H19FN2O2/c1-10(2)19-11-5-6-13(12(15)9-11)16-14(18)17-7-3-4-8-17/h5-6,9-10H,3-4,7-8H2,1-2H3,(H,16,18). The molecule has 1 aromatic carbocycles. The van der Waals surface area contributed by atoms with Gasteiger partial charge in [0, 0.05) is 19.2 Å². The van der Waals surface area contributed by atoms with Gasteiger partial charge < -0.3 is 15.0 Å². The highest BCUT2D eigenvalue weighted by molar-refractivity contribution is 5.89. The summed E-state index contributed by atoms with van der Waals surface area (Å²) in [7, 11) is 0. The highest BCUT2D eigenvalue weighted by Crippen LogP contribution is 2.22. The largest absolute Gasteiger partial charge is 0.491 e. The normalized spacial score (nSPS) is 14.8. The van der Waals surface area contributed by atoms with Gasteiger partial charge in [0.25, 0.3) is 0 Å². The molecule has 104 valence electrons. The lowest BCUT2D eigenvalue weighted by molar-refractivity contribution is 0.222. The summed E-state index contributed by atoms with van der Waals surface area (Å²) in [6.07, 6.45) is 2.01. The zero-order valence-corrected chi connectivity index (χ0v) is 11.3. The molecular formula is C14H19FN2O2. The van der Waals surface area contributed by atoms with Crippen molar-refractivity contribution in [2.24, 2.45) is 0 Å². The number of benzene rings is 1. The number of amides is 2. The molecule has 0 unspecified atom stereocenters. The lowest BCUT2D eigenvalue weighted by atomic mass is 10.3. The molecule has 1 heterocycles. The SMILES string of the molecule is CC(C)Oc1ccc(NC(=O)N2CCCC2)c(F)c1. The van der Waals surface area contributed by atoms with E-state index in [2.05, 4.69) is 5.32 Å². The monoisotopic (exact) mass is 266 g/mol. The van der Waals surface area contributed by atoms with E-state index in [0.717, 1.165) is 25.9 Å². The summed E-state index contributed by atoms with van der Waals surface area (Å²) in [5, 5.41) is 2.59. The Balaban J connectivity index is 2.02. The second kappa shape index (κ2) is 5.91. The second-order valence-corrected chi connectivity index (χ2v) is 4.93. The molecule has 2 amide bonds. The van der Waals surface area contributed by atoms with Crippen LogP contribution in [0.5, 0.6) is 5.75 Å². The smallest absolute Gasteiger partial charge is 0.321 e. The van der Waals surface area contributed by atoms with Crippen LogP contribution in [-0.2, 0) is 0 Å². The Morgan fingerprint density at radius 2 is 2.05 bits per heavy atom. The molecule has 1 aromatic rings. The number of halogens is 1. The Labute approximate surface area is 112 Å². The van der Waals surface area contributed by atoms with Crippen LogP contribution in [0.4, 0.5) is 14.9 Å². The Bertz CT molecular complexity index is 457. The van der Waals surface area contributed by atoms with Gasteiger partial charge in [-0.1, -0.05) is 0 Å². The number of nitrogens with one attached hydrogen (secondary N) is 1. The number of anilines is 1. The van der Waals surface area contributed by atoms with E-state index in [1.54, 1.807) is 11.0 Å². The molecule has 19 heavy (non-hydrogen) atoms. The third-order valence-electron chi connectivity index (χ3n) is 2.95. The molecule has 0 aromatic heterocycles. The average molecular weight is 266 g/mol. The molecule has 0 atom stereocenters. The predicted molar refractivity (Wildman–Crippen MR) is 72.0 cm³/mol. The number of carbonyl (C=O) groups is 1. The van der Waals surface area contributed by atoms with Gasteiger partial charge >= 0.3 is 6.03 Å². The number of hydrogen-bond acceptors (Lipinski definition) is 2. The first kappa shape index (κ1) is 13.6. The Hall–Kier alpha value is -1.78. The molecule has 0 spiro atoms. The summed E-state index contributed by atoms with van der Waals surface area (Å²) in [5.41, 5.74) is 0.188. The first-order chi connectivity index (χ1) is 9.06. The van der Waals surface area contributed by atoms with Crippen molar-refractivity contribution in [2.45, 2.75) is 32.8 Å². The summed E-state index contributed by atoms with van der Waals surface area (Å²) < 4.78 is 19.2. The minimum atomic E-state index is -0.481. The van der Waals surface area contributed by atoms with Crippen molar-refractivity contribution in [1.29, 1.82) is 0 Å². The van der Waals surface area contributed by atoms with E-state index in [9.17, 15) is 9.18 Å². The van der Waals surface area contributed by atoms with E-state index < -0.39 is 5.82 Å². The highest BCUT2D eigenvalue weighted by atomic mass is 19.1. The summed E-state index contributed by atoms with van der Waals surface area (Å²) in [5.74, 6) is -0.0163. The number of ether oxygens (including phenoxy) is 1. The van der Waals surface area contributed by atoms with E-state index in [1.165, 1.54) is 12.1 Å². The van der Waals surface area contributed by atoms with Crippen LogP contribution in [0.1, 0.15) is 26.7 Å². The van der Waals surface area contributed by atoms with Gasteiger partial charge in [0.05, 0.1) is 11.8 Å². The molecule has 0 bridgehead atoms. The van der Waals surface area contributed by atoms with E-state index in [1.807, 2.05) is 13.8 Å². The molecule has 1 aliphatic rings. The molecule has 1 N–H and O–H groups in total. The van der Waals surface area contributed by atoms with Gasteiger partial charge in [0.15, 0.2) is 0 Å². The van der Waals surface area contributed by atoms with E-state index in [4.69, 9.17) is 4.74 Å². The zero-order chi connectivity index (χ0) is 13.8. The van der Waals surface area contributed by atoms with Crippen LogP contribution in [0.15, 0.2) is 18.2 Å². The fraction of sp³-hybridized carbons (Fsp3) is 0.500. The molecule has 1 saturated heterocycles. The number of nitrogens with zero attached hydrogens (tertiary/aromatic N) is 1. The van der Waals surface area contributed by atoms with Gasteiger partial charge in [0.2, 0.25) is 0 Å². The number of likely N-dealkylation sites (tertiary alicyclic amines) is 1. The van der Waals surface area contributed by atoms with Crippen molar-refractivity contribution in [3.63, 3.8) is 0 Å². The summed E-state index contributed by atoms with van der Waals surface area (Å²) in [6.45, 7) is 5.23. The zero-order valence-electron chi connectivity index (χ0n) is 11.3. The lowest BCUT2D eigenvalue weighted by Gasteiger charge is -2.17. The molecule has 0 saturated carbocycles. The summed E-state index contributed by atoms with van der Waals surface area (Å²) >= 11 is 0. The van der Waals surface area contributed by atoms with E-state index in [0.29, 0.717) is 5.75 Å². The quantitative estimate of drug-likeness (QED) is 0.912. The number of carbonyl (C=O) groups excluding carboxylic acids is 1. The molecule has 5 heteroatoms. The summed E-state index contributed by atoms with van der Waals surface area (Å²) in [4.78, 5) is 13.5. The Morgan fingerprint density at radius 3 is 2.63 bits per heavy atom. The molecular weight excluding hydrogens is 247 g/mol. The maximum atomic E-state index is 13.8. The predicted octanol–water partition coefficient (Wildman–Crippen LogP) is 3.24. The fourth-order valence-corrected chi connectivity index (χ4v) is 2.06. The second-order valence-electron chi connectivity index (χ2n) is 4.93. The third kappa shape index (κ3) is 3.59. The Kier molecular flexibility index (Phi) is 4.24. The van der Waals surface area contributed by atoms with E-state index in [-0.39, 0.29) is 17.8 Å². The van der Waals surface area contributed by atoms with Gasteiger partial charge in [-0.15, -0.1) is 0 Å². The van der Waals surface area contributed by atoms with Crippen LogP contribution in [0.3, 0.4) is 0 Å². The molecule has 1 fully saturated rings. The van der Waals surface area contributed by atoms with Crippen molar-refractivity contribution in [3.8, 4) is 5.75 Å².